The molecule has 0 atom stereocenters. The number of guanidine groups is 1. The molecule has 1 aliphatic rings. The normalized spacial score (nSPS) is 20.5. The molecular formula is C7H17N5O2S. The summed E-state index contributed by atoms with van der Waals surface area (Å²) in [6.07, 6.45) is 1.22. The van der Waals surface area contributed by atoms with Crippen molar-refractivity contribution in [2.75, 3.05) is 39.5 Å². The molecule has 0 unspecified atom stereocenters. The van der Waals surface area contributed by atoms with Gasteiger partial charge in [0.2, 0.25) is 16.0 Å². The third-order valence-electron chi connectivity index (χ3n) is 2.35. The van der Waals surface area contributed by atoms with E-state index in [0.717, 1.165) is 0 Å². The van der Waals surface area contributed by atoms with Gasteiger partial charge in [0.05, 0.1) is 6.26 Å². The third kappa shape index (κ3) is 3.05. The van der Waals surface area contributed by atoms with E-state index < -0.39 is 10.0 Å². The zero-order chi connectivity index (χ0) is 11.5. The van der Waals surface area contributed by atoms with Gasteiger partial charge in [0, 0.05) is 33.2 Å². The second kappa shape index (κ2) is 4.77. The molecule has 0 aromatic carbocycles. The Morgan fingerprint density at radius 2 is 1.87 bits per heavy atom. The Morgan fingerprint density at radius 3 is 2.20 bits per heavy atom. The molecule has 1 fully saturated rings. The van der Waals surface area contributed by atoms with Crippen LogP contribution in [0.15, 0.2) is 4.99 Å². The van der Waals surface area contributed by atoms with Crippen molar-refractivity contribution in [2.24, 2.45) is 10.8 Å². The van der Waals surface area contributed by atoms with Crippen LogP contribution < -0.4 is 11.3 Å². The van der Waals surface area contributed by atoms with Crippen LogP contribution in [0.5, 0.6) is 0 Å². The lowest BCUT2D eigenvalue weighted by Gasteiger charge is -2.34. The number of sulfonamides is 1. The van der Waals surface area contributed by atoms with Gasteiger partial charge >= 0.3 is 0 Å². The first kappa shape index (κ1) is 12.2. The zero-order valence-corrected chi connectivity index (χ0v) is 9.79. The number of nitrogens with one attached hydrogen (secondary N) is 1. The predicted molar refractivity (Wildman–Crippen MR) is 58.7 cm³/mol. The molecule has 0 aromatic heterocycles. The van der Waals surface area contributed by atoms with Crippen LogP contribution in [-0.4, -0.2) is 63.1 Å². The molecule has 8 heteroatoms. The monoisotopic (exact) mass is 235 g/mol. The van der Waals surface area contributed by atoms with Crippen LogP contribution in [0.4, 0.5) is 0 Å². The highest BCUT2D eigenvalue weighted by atomic mass is 32.2. The average molecular weight is 235 g/mol. The maximum absolute atomic E-state index is 11.2. The van der Waals surface area contributed by atoms with E-state index in [4.69, 9.17) is 5.84 Å². The third-order valence-corrected chi connectivity index (χ3v) is 3.65. The highest BCUT2D eigenvalue weighted by Crippen LogP contribution is 2.05. The Balaban J connectivity index is 2.57. The first-order chi connectivity index (χ1) is 6.99. The van der Waals surface area contributed by atoms with Crippen molar-refractivity contribution in [3.63, 3.8) is 0 Å². The Kier molecular flexibility index (Phi) is 3.89. The molecule has 1 rings (SSSR count). The largest absolute Gasteiger partial charge is 0.339 e. The number of nitrogens with zero attached hydrogens (tertiary/aromatic N) is 3. The summed E-state index contributed by atoms with van der Waals surface area (Å²) >= 11 is 0. The minimum atomic E-state index is -3.07. The van der Waals surface area contributed by atoms with E-state index in [9.17, 15) is 8.42 Å². The van der Waals surface area contributed by atoms with Crippen molar-refractivity contribution in [3.05, 3.63) is 0 Å². The van der Waals surface area contributed by atoms with Crippen molar-refractivity contribution < 1.29 is 8.42 Å². The van der Waals surface area contributed by atoms with Crippen LogP contribution >= 0.6 is 0 Å². The molecule has 0 aromatic rings. The Morgan fingerprint density at radius 1 is 1.33 bits per heavy atom. The van der Waals surface area contributed by atoms with Gasteiger partial charge in [0.1, 0.15) is 0 Å². The van der Waals surface area contributed by atoms with E-state index in [0.29, 0.717) is 32.1 Å². The lowest BCUT2D eigenvalue weighted by molar-refractivity contribution is 0.261. The minimum Gasteiger partial charge on any atom is -0.339 e. The number of aliphatic imine (C=N–C) groups is 1. The summed E-state index contributed by atoms with van der Waals surface area (Å²) in [5.74, 6) is 5.87. The standard InChI is InChI=1S/C7H17N5O2S/c1-9-7(10-8)11-3-5-12(6-4-11)15(2,13)14/h3-6,8H2,1-2H3,(H,9,10). The maximum Gasteiger partial charge on any atom is 0.211 e. The summed E-state index contributed by atoms with van der Waals surface area (Å²) in [6.45, 7) is 2.15. The van der Waals surface area contributed by atoms with Crippen molar-refractivity contribution in [2.45, 2.75) is 0 Å². The first-order valence-corrected chi connectivity index (χ1v) is 6.47. The molecule has 88 valence electrons. The van der Waals surface area contributed by atoms with Crippen LogP contribution in [0.3, 0.4) is 0 Å². The highest BCUT2D eigenvalue weighted by Gasteiger charge is 2.24. The molecule has 1 saturated heterocycles. The van der Waals surface area contributed by atoms with E-state index in [2.05, 4.69) is 10.4 Å². The number of hydrazine groups is 1. The topological polar surface area (TPSA) is 91.0 Å². The van der Waals surface area contributed by atoms with Crippen LogP contribution in [0.25, 0.3) is 0 Å². The SMILES string of the molecule is CN=C(NN)N1CCN(S(C)(=O)=O)CC1. The quantitative estimate of drug-likeness (QED) is 0.238. The molecule has 15 heavy (non-hydrogen) atoms. The molecule has 0 aliphatic carbocycles. The number of hydrogen-bond donors (Lipinski definition) is 2. The second-order valence-corrected chi connectivity index (χ2v) is 5.32. The first-order valence-electron chi connectivity index (χ1n) is 4.62. The van der Waals surface area contributed by atoms with Crippen LogP contribution in [0.1, 0.15) is 0 Å². The molecule has 1 aliphatic heterocycles. The smallest absolute Gasteiger partial charge is 0.211 e. The fourth-order valence-electron chi connectivity index (χ4n) is 1.53. The van der Waals surface area contributed by atoms with E-state index in [1.807, 2.05) is 4.90 Å². The number of piperazine rings is 1. The zero-order valence-electron chi connectivity index (χ0n) is 8.97. The molecule has 0 radical (unpaired) electrons. The minimum absolute atomic E-state index is 0.472. The molecular weight excluding hydrogens is 218 g/mol. The Bertz CT molecular complexity index is 331. The second-order valence-electron chi connectivity index (χ2n) is 3.34. The summed E-state index contributed by atoms with van der Waals surface area (Å²) in [7, 11) is -1.44. The highest BCUT2D eigenvalue weighted by molar-refractivity contribution is 7.88. The van der Waals surface area contributed by atoms with Gasteiger partial charge in [0.25, 0.3) is 0 Å². The van der Waals surface area contributed by atoms with E-state index in [1.165, 1.54) is 10.6 Å². The molecule has 1 heterocycles. The summed E-state index contributed by atoms with van der Waals surface area (Å²) in [5.41, 5.74) is 2.48. The van der Waals surface area contributed by atoms with Gasteiger partial charge in [-0.05, 0) is 0 Å². The van der Waals surface area contributed by atoms with E-state index in [-0.39, 0.29) is 0 Å². The fraction of sp³-hybridized carbons (Fsp3) is 0.857. The summed E-state index contributed by atoms with van der Waals surface area (Å²) < 4.78 is 23.9. The van der Waals surface area contributed by atoms with E-state index in [1.54, 1.807) is 7.05 Å². The number of rotatable bonds is 1. The maximum atomic E-state index is 11.2. The molecule has 0 bridgehead atoms. The molecule has 0 spiro atoms. The fourth-order valence-corrected chi connectivity index (χ4v) is 2.36. The average Bonchev–Trinajstić information content (AvgIpc) is 2.19. The van der Waals surface area contributed by atoms with Crippen molar-refractivity contribution in [1.82, 2.24) is 14.6 Å². The van der Waals surface area contributed by atoms with Gasteiger partial charge in [-0.3, -0.25) is 10.4 Å². The van der Waals surface area contributed by atoms with Gasteiger partial charge in [-0.25, -0.2) is 14.3 Å². The predicted octanol–water partition coefficient (Wildman–Crippen LogP) is -1.99. The number of nitrogens with two attached hydrogens (primary N) is 1. The molecule has 3 N–H and O–H groups in total. The van der Waals surface area contributed by atoms with Crippen molar-refractivity contribution in [1.29, 1.82) is 0 Å². The van der Waals surface area contributed by atoms with Gasteiger partial charge in [-0.2, -0.15) is 4.31 Å². The van der Waals surface area contributed by atoms with E-state index >= 15 is 0 Å². The van der Waals surface area contributed by atoms with Gasteiger partial charge in [-0.1, -0.05) is 0 Å². The van der Waals surface area contributed by atoms with Gasteiger partial charge < -0.3 is 4.90 Å². The van der Waals surface area contributed by atoms with Gasteiger partial charge in [-0.15, -0.1) is 0 Å². The Hall–Kier alpha value is -0.860. The van der Waals surface area contributed by atoms with Gasteiger partial charge in [0.15, 0.2) is 0 Å². The lowest BCUT2D eigenvalue weighted by atomic mass is 10.4. The lowest BCUT2D eigenvalue weighted by Crippen LogP contribution is -2.54. The number of hydrogen-bond acceptors (Lipinski definition) is 4. The summed E-state index contributed by atoms with van der Waals surface area (Å²) in [6, 6.07) is 0. The molecule has 0 amide bonds. The molecule has 7 nitrogen and oxygen atoms in total. The van der Waals surface area contributed by atoms with Crippen molar-refractivity contribution >= 4 is 16.0 Å². The summed E-state index contributed by atoms with van der Waals surface area (Å²) in [5, 5.41) is 0. The van der Waals surface area contributed by atoms with Crippen LogP contribution in [0, 0.1) is 0 Å². The summed E-state index contributed by atoms with van der Waals surface area (Å²) in [4.78, 5) is 5.87. The van der Waals surface area contributed by atoms with Crippen molar-refractivity contribution in [3.8, 4) is 0 Å². The van der Waals surface area contributed by atoms with Crippen LogP contribution in [0.2, 0.25) is 0 Å². The molecule has 0 saturated carbocycles. The van der Waals surface area contributed by atoms with Crippen LogP contribution in [-0.2, 0) is 10.0 Å². The Labute approximate surface area is 90.0 Å².